The minimum Gasteiger partial charge on any atom is -0.325 e. The van der Waals surface area contributed by atoms with Crippen LogP contribution in [0.15, 0.2) is 60.0 Å². The maximum atomic E-state index is 12.3. The van der Waals surface area contributed by atoms with Crippen molar-refractivity contribution in [2.75, 3.05) is 11.1 Å². The number of thioether (sulfide) groups is 1. The highest BCUT2D eigenvalue weighted by molar-refractivity contribution is 7.99. The quantitative estimate of drug-likeness (QED) is 0.651. The third kappa shape index (κ3) is 4.24. The van der Waals surface area contributed by atoms with Crippen molar-refractivity contribution in [2.24, 2.45) is 0 Å². The van der Waals surface area contributed by atoms with Crippen LogP contribution in [0.3, 0.4) is 0 Å². The summed E-state index contributed by atoms with van der Waals surface area (Å²) in [6.45, 7) is 0. The monoisotopic (exact) mass is 381 g/mol. The molecule has 7 heteroatoms. The van der Waals surface area contributed by atoms with E-state index in [1.165, 1.54) is 31.0 Å². The van der Waals surface area contributed by atoms with Crippen molar-refractivity contribution in [3.8, 4) is 0 Å². The number of carbonyl (C=O) groups excluding carboxylic acids is 1. The number of hydrogen-bond acceptors (Lipinski definition) is 4. The Bertz CT molecular complexity index is 869. The first kappa shape index (κ1) is 17.9. The molecule has 4 rings (SSSR count). The molecule has 1 amide bonds. The lowest BCUT2D eigenvalue weighted by molar-refractivity contribution is -0.113. The number of amides is 1. The molecular weight excluding hydrogens is 358 g/mol. The van der Waals surface area contributed by atoms with Crippen molar-refractivity contribution >= 4 is 23.4 Å². The standard InChI is InChI=1S/C20H23N5OS/c26-18(21-17-11-5-2-6-12-17)15-27-20-23-22-19(16-9-3-1-4-10-16)25(20)24-13-7-8-14-24/h2,5-8,11-14,16H,1,3-4,9-10,15H2,(H,21,26). The van der Waals surface area contributed by atoms with Crippen molar-refractivity contribution in [3.05, 3.63) is 60.7 Å². The predicted octanol–water partition coefficient (Wildman–Crippen LogP) is 4.17. The Hall–Kier alpha value is -2.54. The summed E-state index contributed by atoms with van der Waals surface area (Å²) in [7, 11) is 0. The molecule has 1 saturated carbocycles. The van der Waals surface area contributed by atoms with Gasteiger partial charge in [-0.2, -0.15) is 0 Å². The zero-order valence-electron chi connectivity index (χ0n) is 15.1. The summed E-state index contributed by atoms with van der Waals surface area (Å²) in [5.41, 5.74) is 0.804. The Kier molecular flexibility index (Phi) is 5.58. The van der Waals surface area contributed by atoms with E-state index in [1.807, 2.05) is 59.5 Å². The molecule has 2 aromatic heterocycles. The number of anilines is 1. The van der Waals surface area contributed by atoms with Gasteiger partial charge in [-0.3, -0.25) is 9.47 Å². The zero-order chi connectivity index (χ0) is 18.5. The van der Waals surface area contributed by atoms with Crippen molar-refractivity contribution < 1.29 is 4.79 Å². The van der Waals surface area contributed by atoms with E-state index in [0.29, 0.717) is 11.7 Å². The highest BCUT2D eigenvalue weighted by atomic mass is 32.2. The molecule has 2 heterocycles. The SMILES string of the molecule is O=C(CSc1nnc(C2CCCCC2)n1-n1cccc1)Nc1ccccc1. The van der Waals surface area contributed by atoms with E-state index in [1.54, 1.807) is 0 Å². The maximum Gasteiger partial charge on any atom is 0.234 e. The molecule has 1 aliphatic rings. The second kappa shape index (κ2) is 8.43. The molecule has 140 valence electrons. The van der Waals surface area contributed by atoms with Gasteiger partial charge in [0.15, 0.2) is 5.82 Å². The van der Waals surface area contributed by atoms with Gasteiger partial charge in [-0.25, -0.2) is 4.68 Å². The highest BCUT2D eigenvalue weighted by Gasteiger charge is 2.24. The second-order valence-corrected chi connectivity index (χ2v) is 7.70. The molecule has 1 aromatic carbocycles. The maximum absolute atomic E-state index is 12.3. The van der Waals surface area contributed by atoms with Gasteiger partial charge in [-0.1, -0.05) is 49.2 Å². The Balaban J connectivity index is 1.50. The van der Waals surface area contributed by atoms with Gasteiger partial charge in [0.1, 0.15) is 0 Å². The number of hydrogen-bond donors (Lipinski definition) is 1. The summed E-state index contributed by atoms with van der Waals surface area (Å²) in [5.74, 6) is 1.67. The molecule has 1 N–H and O–H groups in total. The van der Waals surface area contributed by atoms with Crippen LogP contribution in [0.25, 0.3) is 0 Å². The van der Waals surface area contributed by atoms with Crippen LogP contribution in [0.2, 0.25) is 0 Å². The largest absolute Gasteiger partial charge is 0.325 e. The van der Waals surface area contributed by atoms with Crippen molar-refractivity contribution in [2.45, 2.75) is 43.2 Å². The first-order valence-electron chi connectivity index (χ1n) is 9.38. The molecule has 0 aliphatic heterocycles. The Morgan fingerprint density at radius 1 is 1.04 bits per heavy atom. The van der Waals surface area contributed by atoms with Gasteiger partial charge in [-0.15, -0.1) is 10.2 Å². The first-order chi connectivity index (χ1) is 13.3. The van der Waals surface area contributed by atoms with Gasteiger partial charge < -0.3 is 5.32 Å². The van der Waals surface area contributed by atoms with E-state index in [0.717, 1.165) is 29.5 Å². The van der Waals surface area contributed by atoms with Crippen molar-refractivity contribution in [1.82, 2.24) is 19.5 Å². The Morgan fingerprint density at radius 3 is 2.52 bits per heavy atom. The van der Waals surface area contributed by atoms with E-state index < -0.39 is 0 Å². The first-order valence-corrected chi connectivity index (χ1v) is 10.4. The second-order valence-electron chi connectivity index (χ2n) is 6.75. The lowest BCUT2D eigenvalue weighted by Crippen LogP contribution is -2.18. The number of benzene rings is 1. The minimum absolute atomic E-state index is 0.0486. The molecule has 0 radical (unpaired) electrons. The van der Waals surface area contributed by atoms with Crippen LogP contribution in [-0.2, 0) is 4.79 Å². The third-order valence-electron chi connectivity index (χ3n) is 4.82. The minimum atomic E-state index is -0.0486. The van der Waals surface area contributed by atoms with Crippen LogP contribution in [-0.4, -0.2) is 31.2 Å². The number of carbonyl (C=O) groups is 1. The molecule has 1 aliphatic carbocycles. The topological polar surface area (TPSA) is 64.7 Å². The summed E-state index contributed by atoms with van der Waals surface area (Å²) in [4.78, 5) is 12.3. The molecule has 6 nitrogen and oxygen atoms in total. The van der Waals surface area contributed by atoms with Crippen molar-refractivity contribution in [3.63, 3.8) is 0 Å². The molecule has 0 saturated heterocycles. The summed E-state index contributed by atoms with van der Waals surface area (Å²) >= 11 is 1.41. The Morgan fingerprint density at radius 2 is 1.78 bits per heavy atom. The predicted molar refractivity (Wildman–Crippen MR) is 107 cm³/mol. The van der Waals surface area contributed by atoms with Gasteiger partial charge in [0.2, 0.25) is 11.1 Å². The number of para-hydroxylation sites is 1. The van der Waals surface area contributed by atoms with Crippen LogP contribution in [0.5, 0.6) is 0 Å². The lowest BCUT2D eigenvalue weighted by atomic mass is 9.89. The fraction of sp³-hybridized carbons (Fsp3) is 0.350. The molecule has 0 spiro atoms. The number of nitrogens with one attached hydrogen (secondary N) is 1. The average molecular weight is 382 g/mol. The molecule has 27 heavy (non-hydrogen) atoms. The average Bonchev–Trinajstić information content (AvgIpc) is 3.37. The number of rotatable bonds is 6. The number of aromatic nitrogens is 4. The van der Waals surface area contributed by atoms with E-state index in [9.17, 15) is 4.79 Å². The summed E-state index contributed by atoms with van der Waals surface area (Å²) in [6.07, 6.45) is 10.1. The van der Waals surface area contributed by atoms with Crippen LogP contribution >= 0.6 is 11.8 Å². The Labute approximate surface area is 163 Å². The fourth-order valence-electron chi connectivity index (χ4n) is 3.51. The molecule has 1 fully saturated rings. The molecule has 0 atom stereocenters. The van der Waals surface area contributed by atoms with Gasteiger partial charge in [0.25, 0.3) is 0 Å². The molecular formula is C20H23N5OS. The molecule has 3 aromatic rings. The van der Waals surface area contributed by atoms with Crippen LogP contribution < -0.4 is 5.32 Å². The summed E-state index contributed by atoms with van der Waals surface area (Å²) in [6, 6.07) is 13.5. The summed E-state index contributed by atoms with van der Waals surface area (Å²) < 4.78 is 4.05. The van der Waals surface area contributed by atoms with Crippen LogP contribution in [0, 0.1) is 0 Å². The highest BCUT2D eigenvalue weighted by Crippen LogP contribution is 2.33. The fourth-order valence-corrected chi connectivity index (χ4v) is 4.25. The van der Waals surface area contributed by atoms with Gasteiger partial charge in [0.05, 0.1) is 5.75 Å². The normalized spacial score (nSPS) is 15.0. The van der Waals surface area contributed by atoms with Crippen molar-refractivity contribution in [1.29, 1.82) is 0 Å². The third-order valence-corrected chi connectivity index (χ3v) is 5.74. The molecule has 0 bridgehead atoms. The molecule has 0 unspecified atom stereocenters. The van der Waals surface area contributed by atoms with E-state index in [4.69, 9.17) is 0 Å². The zero-order valence-corrected chi connectivity index (χ0v) is 15.9. The van der Waals surface area contributed by atoms with E-state index in [2.05, 4.69) is 20.2 Å². The van der Waals surface area contributed by atoms with E-state index >= 15 is 0 Å². The summed E-state index contributed by atoms with van der Waals surface area (Å²) in [5, 5.41) is 12.6. The smallest absolute Gasteiger partial charge is 0.234 e. The van der Waals surface area contributed by atoms with Gasteiger partial charge in [-0.05, 0) is 37.1 Å². The van der Waals surface area contributed by atoms with Crippen LogP contribution in [0.1, 0.15) is 43.8 Å². The van der Waals surface area contributed by atoms with Gasteiger partial charge in [0, 0.05) is 24.0 Å². The van der Waals surface area contributed by atoms with Gasteiger partial charge >= 0.3 is 0 Å². The van der Waals surface area contributed by atoms with Crippen LogP contribution in [0.4, 0.5) is 5.69 Å². The number of nitrogens with zero attached hydrogens (tertiary/aromatic N) is 4. The lowest BCUT2D eigenvalue weighted by Gasteiger charge is -2.22. The van der Waals surface area contributed by atoms with E-state index in [-0.39, 0.29) is 5.91 Å².